The first-order chi connectivity index (χ1) is 10.8. The third-order valence-electron chi connectivity index (χ3n) is 3.85. The number of hydrogen-bond donors (Lipinski definition) is 1. The van der Waals surface area contributed by atoms with Crippen LogP contribution in [0.1, 0.15) is 18.2 Å². The van der Waals surface area contributed by atoms with E-state index in [0.29, 0.717) is 6.54 Å². The zero-order valence-electron chi connectivity index (χ0n) is 12.9. The lowest BCUT2D eigenvalue weighted by molar-refractivity contribution is 0.827. The highest BCUT2D eigenvalue weighted by molar-refractivity contribution is 5.52. The molecule has 0 amide bonds. The molecule has 2 heterocycles. The Hall–Kier alpha value is -2.33. The van der Waals surface area contributed by atoms with E-state index in [1.54, 1.807) is 0 Å². The highest BCUT2D eigenvalue weighted by atomic mass is 15.1. The summed E-state index contributed by atoms with van der Waals surface area (Å²) in [5, 5.41) is 0. The van der Waals surface area contributed by atoms with Gasteiger partial charge < -0.3 is 15.0 Å². The molecule has 4 nitrogen and oxygen atoms in total. The van der Waals surface area contributed by atoms with E-state index in [1.807, 2.05) is 0 Å². The molecule has 3 rings (SSSR count). The lowest BCUT2D eigenvalue weighted by Crippen LogP contribution is -2.22. The Morgan fingerprint density at radius 3 is 2.64 bits per heavy atom. The molecule has 1 aromatic carbocycles. The third-order valence-corrected chi connectivity index (χ3v) is 3.85. The van der Waals surface area contributed by atoms with Crippen LogP contribution in [0.25, 0.3) is 5.65 Å². The monoisotopic (exact) mass is 294 g/mol. The molecular weight excluding hydrogens is 272 g/mol. The summed E-state index contributed by atoms with van der Waals surface area (Å²) in [5.41, 5.74) is 10.2. The fraction of sp³-hybridized carbons (Fsp3) is 0.278. The fourth-order valence-corrected chi connectivity index (χ4v) is 2.68. The van der Waals surface area contributed by atoms with Crippen molar-refractivity contribution >= 4 is 11.3 Å². The van der Waals surface area contributed by atoms with Gasteiger partial charge in [0.25, 0.3) is 0 Å². The van der Waals surface area contributed by atoms with Crippen molar-refractivity contribution in [2.75, 3.05) is 18.0 Å². The second-order valence-electron chi connectivity index (χ2n) is 5.42. The standard InChI is InChI=1S/C18H22N4/c1-2-21(12-15-6-4-3-5-7-15)17-8-9-18-20-16(10-11-19)13-22(18)14-17/h3-9,13-14H,2,10-12,19H2,1H3. The van der Waals surface area contributed by atoms with Crippen LogP contribution >= 0.6 is 0 Å². The number of fused-ring (bicyclic) bond motifs is 1. The predicted octanol–water partition coefficient (Wildman–Crippen LogP) is 2.86. The lowest BCUT2D eigenvalue weighted by atomic mass is 10.2. The highest BCUT2D eigenvalue weighted by Crippen LogP contribution is 2.19. The van der Waals surface area contributed by atoms with Gasteiger partial charge in [-0.05, 0) is 31.2 Å². The number of anilines is 1. The Kier molecular flexibility index (Phi) is 4.39. The van der Waals surface area contributed by atoms with E-state index in [9.17, 15) is 0 Å². The molecule has 0 aliphatic heterocycles. The van der Waals surface area contributed by atoms with Gasteiger partial charge in [-0.3, -0.25) is 0 Å². The smallest absolute Gasteiger partial charge is 0.137 e. The molecule has 2 aromatic heterocycles. The number of aromatic nitrogens is 2. The highest BCUT2D eigenvalue weighted by Gasteiger charge is 2.08. The molecule has 0 bridgehead atoms. The number of hydrogen-bond acceptors (Lipinski definition) is 3. The summed E-state index contributed by atoms with van der Waals surface area (Å²) < 4.78 is 2.09. The van der Waals surface area contributed by atoms with Gasteiger partial charge in [-0.1, -0.05) is 30.3 Å². The molecule has 0 radical (unpaired) electrons. The van der Waals surface area contributed by atoms with Crippen molar-refractivity contribution in [2.45, 2.75) is 19.9 Å². The van der Waals surface area contributed by atoms with Crippen molar-refractivity contribution in [1.82, 2.24) is 9.38 Å². The van der Waals surface area contributed by atoms with Crippen LogP contribution in [0.4, 0.5) is 5.69 Å². The first kappa shape index (κ1) is 14.6. The zero-order valence-corrected chi connectivity index (χ0v) is 12.9. The van der Waals surface area contributed by atoms with Gasteiger partial charge in [0.05, 0.1) is 11.4 Å². The third kappa shape index (κ3) is 3.12. The Labute approximate surface area is 131 Å². The van der Waals surface area contributed by atoms with Gasteiger partial charge in [-0.25, -0.2) is 4.98 Å². The molecule has 114 valence electrons. The molecule has 0 aliphatic rings. The van der Waals surface area contributed by atoms with Crippen LogP contribution < -0.4 is 10.6 Å². The van der Waals surface area contributed by atoms with Crippen molar-refractivity contribution in [3.63, 3.8) is 0 Å². The van der Waals surface area contributed by atoms with E-state index in [-0.39, 0.29) is 0 Å². The summed E-state index contributed by atoms with van der Waals surface area (Å²) in [7, 11) is 0. The van der Waals surface area contributed by atoms with E-state index in [1.165, 1.54) is 11.3 Å². The molecule has 0 saturated carbocycles. The number of rotatable bonds is 6. The van der Waals surface area contributed by atoms with Crippen LogP contribution in [0.5, 0.6) is 0 Å². The van der Waals surface area contributed by atoms with Crippen LogP contribution in [-0.2, 0) is 13.0 Å². The number of imidazole rings is 1. The Morgan fingerprint density at radius 1 is 1.09 bits per heavy atom. The Bertz CT molecular complexity index is 733. The first-order valence-electron chi connectivity index (χ1n) is 7.76. The van der Waals surface area contributed by atoms with Crippen LogP contribution in [0.3, 0.4) is 0 Å². The molecular formula is C18H22N4. The molecule has 0 saturated heterocycles. The molecule has 0 aliphatic carbocycles. The maximum atomic E-state index is 5.61. The minimum absolute atomic E-state index is 0.631. The van der Waals surface area contributed by atoms with Crippen molar-refractivity contribution in [3.05, 3.63) is 66.1 Å². The number of nitrogens with zero attached hydrogens (tertiary/aromatic N) is 3. The Balaban J connectivity index is 1.86. The molecule has 0 atom stereocenters. The summed E-state index contributed by atoms with van der Waals surface area (Å²) in [5.74, 6) is 0. The van der Waals surface area contributed by atoms with Gasteiger partial charge in [0.15, 0.2) is 0 Å². The summed E-state index contributed by atoms with van der Waals surface area (Å²) in [6.45, 7) is 4.69. The van der Waals surface area contributed by atoms with Gasteiger partial charge >= 0.3 is 0 Å². The SMILES string of the molecule is CCN(Cc1ccccc1)c1ccc2nc(CCN)cn2c1. The average Bonchev–Trinajstić information content (AvgIpc) is 2.95. The van der Waals surface area contributed by atoms with Crippen molar-refractivity contribution < 1.29 is 0 Å². The second-order valence-corrected chi connectivity index (χ2v) is 5.42. The van der Waals surface area contributed by atoms with Crippen LogP contribution in [-0.4, -0.2) is 22.5 Å². The summed E-state index contributed by atoms with van der Waals surface area (Å²) >= 11 is 0. The van der Waals surface area contributed by atoms with Gasteiger partial charge in [0, 0.05) is 31.9 Å². The molecule has 0 fully saturated rings. The minimum Gasteiger partial charge on any atom is -0.366 e. The Morgan fingerprint density at radius 2 is 1.91 bits per heavy atom. The molecule has 4 heteroatoms. The van der Waals surface area contributed by atoms with Gasteiger partial charge in [-0.15, -0.1) is 0 Å². The van der Waals surface area contributed by atoms with Crippen molar-refractivity contribution in [3.8, 4) is 0 Å². The van der Waals surface area contributed by atoms with E-state index in [2.05, 4.69) is 76.1 Å². The van der Waals surface area contributed by atoms with Crippen LogP contribution in [0.2, 0.25) is 0 Å². The quantitative estimate of drug-likeness (QED) is 0.760. The molecule has 2 N–H and O–H groups in total. The minimum atomic E-state index is 0.631. The molecule has 0 spiro atoms. The maximum absolute atomic E-state index is 5.61. The van der Waals surface area contributed by atoms with Crippen molar-refractivity contribution in [1.29, 1.82) is 0 Å². The largest absolute Gasteiger partial charge is 0.366 e. The zero-order chi connectivity index (χ0) is 15.4. The van der Waals surface area contributed by atoms with Gasteiger partial charge in [-0.2, -0.15) is 0 Å². The van der Waals surface area contributed by atoms with Crippen LogP contribution in [0, 0.1) is 0 Å². The molecule has 0 unspecified atom stereocenters. The van der Waals surface area contributed by atoms with Gasteiger partial charge in [0.2, 0.25) is 0 Å². The summed E-state index contributed by atoms with van der Waals surface area (Å²) in [6, 6.07) is 14.8. The van der Waals surface area contributed by atoms with E-state index >= 15 is 0 Å². The van der Waals surface area contributed by atoms with Gasteiger partial charge in [0.1, 0.15) is 5.65 Å². The predicted molar refractivity (Wildman–Crippen MR) is 91.1 cm³/mol. The van der Waals surface area contributed by atoms with E-state index < -0.39 is 0 Å². The normalized spacial score (nSPS) is 11.0. The topological polar surface area (TPSA) is 46.6 Å². The van der Waals surface area contributed by atoms with Crippen LogP contribution in [0.15, 0.2) is 54.9 Å². The summed E-state index contributed by atoms with van der Waals surface area (Å²) in [4.78, 5) is 6.94. The summed E-state index contributed by atoms with van der Waals surface area (Å²) in [6.07, 6.45) is 5.04. The lowest BCUT2D eigenvalue weighted by Gasteiger charge is -2.23. The number of pyridine rings is 1. The number of benzene rings is 1. The van der Waals surface area contributed by atoms with Crippen molar-refractivity contribution in [2.24, 2.45) is 5.73 Å². The fourth-order valence-electron chi connectivity index (χ4n) is 2.68. The second kappa shape index (κ2) is 6.62. The van der Waals surface area contributed by atoms with E-state index in [0.717, 1.165) is 30.9 Å². The molecule has 3 aromatic rings. The molecule has 22 heavy (non-hydrogen) atoms. The first-order valence-corrected chi connectivity index (χ1v) is 7.76. The number of nitrogens with two attached hydrogens (primary N) is 1. The van der Waals surface area contributed by atoms with E-state index in [4.69, 9.17) is 5.73 Å². The maximum Gasteiger partial charge on any atom is 0.137 e. The average molecular weight is 294 g/mol.